The number of aromatic nitrogens is 3. The molecule has 1 amide bonds. The summed E-state index contributed by atoms with van der Waals surface area (Å²) in [7, 11) is 0. The van der Waals surface area contributed by atoms with Gasteiger partial charge in [-0.15, -0.1) is 0 Å². The molecule has 0 unspecified atom stereocenters. The fourth-order valence-corrected chi connectivity index (χ4v) is 2.66. The highest BCUT2D eigenvalue weighted by Crippen LogP contribution is 2.25. The summed E-state index contributed by atoms with van der Waals surface area (Å²) in [5, 5.41) is 2.80. The lowest BCUT2D eigenvalue weighted by Crippen LogP contribution is -2.14. The fourth-order valence-electron chi connectivity index (χ4n) is 2.66. The van der Waals surface area contributed by atoms with E-state index in [0.717, 1.165) is 5.56 Å². The zero-order chi connectivity index (χ0) is 20.6. The van der Waals surface area contributed by atoms with E-state index in [4.69, 9.17) is 9.47 Å². The molecule has 0 atom stereocenters. The van der Waals surface area contributed by atoms with Crippen molar-refractivity contribution in [2.24, 2.45) is 0 Å². The third-order valence-corrected chi connectivity index (χ3v) is 4.13. The van der Waals surface area contributed by atoms with Crippen molar-refractivity contribution >= 4 is 11.7 Å². The first-order chi connectivity index (χ1) is 14.8. The Morgan fingerprint density at radius 1 is 0.833 bits per heavy atom. The minimum Gasteiger partial charge on any atom is -0.485 e. The van der Waals surface area contributed by atoms with Gasteiger partial charge >= 0.3 is 0 Å². The molecule has 1 N–H and O–H groups in total. The van der Waals surface area contributed by atoms with Crippen molar-refractivity contribution in [2.75, 3.05) is 5.32 Å². The van der Waals surface area contributed by atoms with Gasteiger partial charge in [0.2, 0.25) is 0 Å². The molecule has 1 aromatic carbocycles. The van der Waals surface area contributed by atoms with Gasteiger partial charge in [-0.3, -0.25) is 14.8 Å². The number of amides is 1. The van der Waals surface area contributed by atoms with E-state index in [9.17, 15) is 4.79 Å². The number of carbonyl (C=O) groups is 1. The van der Waals surface area contributed by atoms with Crippen LogP contribution in [0.15, 0.2) is 91.6 Å². The summed E-state index contributed by atoms with van der Waals surface area (Å²) in [5.74, 6) is 1.69. The van der Waals surface area contributed by atoms with E-state index in [2.05, 4.69) is 20.3 Å². The molecule has 3 aromatic heterocycles. The van der Waals surface area contributed by atoms with Crippen LogP contribution in [0.3, 0.4) is 0 Å². The maximum absolute atomic E-state index is 12.8. The Bertz CT molecular complexity index is 1120. The van der Waals surface area contributed by atoms with Crippen LogP contribution in [0, 0.1) is 0 Å². The van der Waals surface area contributed by atoms with Gasteiger partial charge < -0.3 is 14.8 Å². The lowest BCUT2D eigenvalue weighted by Gasteiger charge is -2.12. The van der Waals surface area contributed by atoms with Gasteiger partial charge in [0, 0.05) is 36.5 Å². The lowest BCUT2D eigenvalue weighted by molar-refractivity contribution is 0.102. The van der Waals surface area contributed by atoms with Gasteiger partial charge in [-0.2, -0.15) is 0 Å². The van der Waals surface area contributed by atoms with Gasteiger partial charge in [0.05, 0.1) is 0 Å². The van der Waals surface area contributed by atoms with E-state index >= 15 is 0 Å². The van der Waals surface area contributed by atoms with Gasteiger partial charge in [0.1, 0.15) is 18.1 Å². The third kappa shape index (κ3) is 4.96. The Labute approximate surface area is 173 Å². The quantitative estimate of drug-likeness (QED) is 0.493. The molecule has 7 nitrogen and oxygen atoms in total. The summed E-state index contributed by atoms with van der Waals surface area (Å²) in [5.41, 5.74) is 1.40. The number of rotatable bonds is 7. The molecule has 0 bridgehead atoms. The van der Waals surface area contributed by atoms with Crippen molar-refractivity contribution < 1.29 is 14.3 Å². The number of ether oxygens (including phenoxy) is 2. The molecule has 0 aliphatic rings. The third-order valence-electron chi connectivity index (χ3n) is 4.13. The molecule has 0 aliphatic carbocycles. The van der Waals surface area contributed by atoms with Crippen molar-refractivity contribution in [2.45, 2.75) is 6.61 Å². The smallest absolute Gasteiger partial charge is 0.257 e. The normalized spacial score (nSPS) is 10.3. The average molecular weight is 398 g/mol. The number of nitrogens with one attached hydrogen (secondary N) is 1. The number of hydrogen-bond donors (Lipinski definition) is 1. The largest absolute Gasteiger partial charge is 0.485 e. The second-order valence-electron chi connectivity index (χ2n) is 6.26. The first kappa shape index (κ1) is 19.1. The number of anilines is 1. The highest BCUT2D eigenvalue weighted by atomic mass is 16.5. The van der Waals surface area contributed by atoms with Crippen LogP contribution in [0.25, 0.3) is 0 Å². The molecule has 0 saturated carbocycles. The highest BCUT2D eigenvalue weighted by Gasteiger charge is 2.12. The topological polar surface area (TPSA) is 86.2 Å². The van der Waals surface area contributed by atoms with Crippen LogP contribution in [0.1, 0.15) is 15.9 Å². The molecule has 0 saturated heterocycles. The van der Waals surface area contributed by atoms with Crippen LogP contribution in [-0.2, 0) is 6.61 Å². The van der Waals surface area contributed by atoms with Gasteiger partial charge in [-0.05, 0) is 60.2 Å². The van der Waals surface area contributed by atoms with Gasteiger partial charge in [0.25, 0.3) is 5.91 Å². The van der Waals surface area contributed by atoms with Gasteiger partial charge in [0.15, 0.2) is 11.6 Å². The van der Waals surface area contributed by atoms with Crippen molar-refractivity contribution in [3.63, 3.8) is 0 Å². The van der Waals surface area contributed by atoms with E-state index in [1.165, 1.54) is 0 Å². The molecular weight excluding hydrogens is 380 g/mol. The maximum atomic E-state index is 12.8. The molecule has 4 aromatic rings. The average Bonchev–Trinajstić information content (AvgIpc) is 2.80. The minimum atomic E-state index is -0.317. The SMILES string of the molecule is O=C(Nc1ncccc1OCc1ccncc1)c1cccc(Oc2ccncc2)c1. The Morgan fingerprint density at radius 3 is 2.40 bits per heavy atom. The number of carbonyl (C=O) groups excluding carboxylic acids is 1. The zero-order valence-corrected chi connectivity index (χ0v) is 15.9. The second kappa shape index (κ2) is 9.29. The summed E-state index contributed by atoms with van der Waals surface area (Å²) < 4.78 is 11.6. The lowest BCUT2D eigenvalue weighted by atomic mass is 10.2. The standard InChI is InChI=1S/C23H18N4O3/c28-23(18-3-1-4-20(15-18)30-19-8-13-25-14-9-19)27-22-21(5-2-10-26-22)29-16-17-6-11-24-12-7-17/h1-15H,16H2,(H,26,27,28). The molecule has 3 heterocycles. The number of hydrogen-bond acceptors (Lipinski definition) is 6. The van der Waals surface area contributed by atoms with E-state index < -0.39 is 0 Å². The molecule has 148 valence electrons. The molecule has 30 heavy (non-hydrogen) atoms. The Kier molecular flexibility index (Phi) is 5.91. The zero-order valence-electron chi connectivity index (χ0n) is 15.9. The predicted octanol–water partition coefficient (Wildman–Crippen LogP) is 4.50. The van der Waals surface area contributed by atoms with Crippen LogP contribution >= 0.6 is 0 Å². The molecule has 0 aliphatic heterocycles. The second-order valence-corrected chi connectivity index (χ2v) is 6.26. The van der Waals surface area contributed by atoms with E-state index in [0.29, 0.717) is 35.2 Å². The Morgan fingerprint density at radius 2 is 1.60 bits per heavy atom. The van der Waals surface area contributed by atoms with Crippen molar-refractivity contribution in [1.29, 1.82) is 0 Å². The summed E-state index contributed by atoms with van der Waals surface area (Å²) in [6.45, 7) is 0.340. The number of pyridine rings is 3. The molecule has 0 spiro atoms. The molecule has 4 rings (SSSR count). The molecule has 7 heteroatoms. The van der Waals surface area contributed by atoms with Crippen LogP contribution in [0.5, 0.6) is 17.2 Å². The maximum Gasteiger partial charge on any atom is 0.257 e. The number of benzene rings is 1. The molecule has 0 fully saturated rings. The Hall–Kier alpha value is -4.26. The minimum absolute atomic E-state index is 0.317. The van der Waals surface area contributed by atoms with E-state index in [-0.39, 0.29) is 5.91 Å². The van der Waals surface area contributed by atoms with Crippen molar-refractivity contribution in [3.05, 3.63) is 103 Å². The number of nitrogens with zero attached hydrogens (tertiary/aromatic N) is 3. The first-order valence-electron chi connectivity index (χ1n) is 9.24. The van der Waals surface area contributed by atoms with E-state index in [1.54, 1.807) is 79.5 Å². The summed E-state index contributed by atoms with van der Waals surface area (Å²) in [4.78, 5) is 24.9. The van der Waals surface area contributed by atoms with Crippen LogP contribution < -0.4 is 14.8 Å². The van der Waals surface area contributed by atoms with Gasteiger partial charge in [-0.25, -0.2) is 4.98 Å². The highest BCUT2D eigenvalue weighted by molar-refractivity contribution is 6.04. The Balaban J connectivity index is 1.46. The van der Waals surface area contributed by atoms with Crippen molar-refractivity contribution in [3.8, 4) is 17.2 Å². The monoisotopic (exact) mass is 398 g/mol. The predicted molar refractivity (Wildman–Crippen MR) is 112 cm³/mol. The van der Waals surface area contributed by atoms with E-state index in [1.807, 2.05) is 12.1 Å². The summed E-state index contributed by atoms with van der Waals surface area (Å²) >= 11 is 0. The summed E-state index contributed by atoms with van der Waals surface area (Å²) in [6.07, 6.45) is 8.27. The molecular formula is C23H18N4O3. The first-order valence-corrected chi connectivity index (χ1v) is 9.24. The van der Waals surface area contributed by atoms with Crippen LogP contribution in [-0.4, -0.2) is 20.9 Å². The fraction of sp³-hybridized carbons (Fsp3) is 0.0435. The van der Waals surface area contributed by atoms with Crippen LogP contribution in [0.4, 0.5) is 5.82 Å². The van der Waals surface area contributed by atoms with Crippen molar-refractivity contribution in [1.82, 2.24) is 15.0 Å². The molecule has 0 radical (unpaired) electrons. The summed E-state index contributed by atoms with van der Waals surface area (Å²) in [6, 6.07) is 17.6. The van der Waals surface area contributed by atoms with Gasteiger partial charge in [-0.1, -0.05) is 6.07 Å². The van der Waals surface area contributed by atoms with Crippen LogP contribution in [0.2, 0.25) is 0 Å².